The van der Waals surface area contributed by atoms with Gasteiger partial charge in [0.15, 0.2) is 0 Å². The molecule has 0 aliphatic carbocycles. The molecule has 18 heavy (non-hydrogen) atoms. The van der Waals surface area contributed by atoms with E-state index in [2.05, 4.69) is 15.9 Å². The first-order valence-electron chi connectivity index (χ1n) is 5.59. The predicted octanol–water partition coefficient (Wildman–Crippen LogP) is 3.44. The second kappa shape index (κ2) is 5.36. The minimum atomic E-state index is -0.986. The monoisotopic (exact) mass is 317 g/mol. The first-order valence-corrected chi connectivity index (χ1v) is 6.38. The van der Waals surface area contributed by atoms with Gasteiger partial charge in [-0.1, -0.05) is 6.07 Å². The van der Waals surface area contributed by atoms with Gasteiger partial charge in [0.25, 0.3) is 0 Å². The summed E-state index contributed by atoms with van der Waals surface area (Å²) in [6.45, 7) is 5.18. The van der Waals surface area contributed by atoms with Crippen LogP contribution in [0.2, 0.25) is 0 Å². The van der Waals surface area contributed by atoms with Gasteiger partial charge in [0.05, 0.1) is 4.47 Å². The van der Waals surface area contributed by atoms with E-state index in [4.69, 9.17) is 0 Å². The number of likely N-dealkylation sites (N-methyl/N-ethyl adjacent to an activating group) is 1. The Bertz CT molecular complexity index is 462. The van der Waals surface area contributed by atoms with Gasteiger partial charge in [-0.2, -0.15) is 0 Å². The zero-order chi connectivity index (χ0) is 14.1. The van der Waals surface area contributed by atoms with E-state index in [-0.39, 0.29) is 11.9 Å². The van der Waals surface area contributed by atoms with E-state index in [0.717, 1.165) is 5.56 Å². The van der Waals surface area contributed by atoms with Crippen LogP contribution in [0, 0.1) is 5.82 Å². The Hall–Kier alpha value is -0.940. The summed E-state index contributed by atoms with van der Waals surface area (Å²) in [6, 6.07) is 4.58. The number of aliphatic carboxylic acids is 1. The molecule has 0 aromatic heterocycles. The van der Waals surface area contributed by atoms with Gasteiger partial charge in [0, 0.05) is 6.04 Å². The maximum absolute atomic E-state index is 13.2. The number of hydrogen-bond donors (Lipinski definition) is 1. The smallest absolute Gasteiger partial charge is 0.323 e. The number of rotatable bonds is 4. The van der Waals surface area contributed by atoms with E-state index in [0.29, 0.717) is 4.47 Å². The number of benzene rings is 1. The number of carboxylic acids is 1. The first-order chi connectivity index (χ1) is 8.17. The van der Waals surface area contributed by atoms with Crippen molar-refractivity contribution in [1.82, 2.24) is 4.90 Å². The average Bonchev–Trinajstić information content (AvgIpc) is 2.30. The van der Waals surface area contributed by atoms with E-state index in [1.54, 1.807) is 37.9 Å². The molecule has 1 atom stereocenters. The lowest BCUT2D eigenvalue weighted by atomic mass is 9.98. The summed E-state index contributed by atoms with van der Waals surface area (Å²) in [5.41, 5.74) is -0.125. The summed E-state index contributed by atoms with van der Waals surface area (Å²) < 4.78 is 13.6. The lowest BCUT2D eigenvalue weighted by Gasteiger charge is -2.36. The Morgan fingerprint density at radius 3 is 2.50 bits per heavy atom. The Kier molecular flexibility index (Phi) is 4.50. The molecule has 1 unspecified atom stereocenters. The Balaban J connectivity index is 3.03. The molecule has 3 nitrogen and oxygen atoms in total. The van der Waals surface area contributed by atoms with E-state index in [9.17, 15) is 14.3 Å². The average molecular weight is 318 g/mol. The summed E-state index contributed by atoms with van der Waals surface area (Å²) in [6.07, 6.45) is 0. The maximum Gasteiger partial charge on any atom is 0.323 e. The highest BCUT2D eigenvalue weighted by Crippen LogP contribution is 2.29. The van der Waals surface area contributed by atoms with Gasteiger partial charge in [0.1, 0.15) is 11.4 Å². The molecular formula is C13H17BrFNO2. The number of hydrogen-bond acceptors (Lipinski definition) is 2. The molecule has 0 fully saturated rings. The third kappa shape index (κ3) is 2.90. The summed E-state index contributed by atoms with van der Waals surface area (Å²) >= 11 is 3.13. The quantitative estimate of drug-likeness (QED) is 0.924. The molecule has 0 amide bonds. The molecular weight excluding hydrogens is 301 g/mol. The molecule has 0 saturated carbocycles. The Morgan fingerprint density at radius 2 is 2.06 bits per heavy atom. The summed E-state index contributed by atoms with van der Waals surface area (Å²) in [5, 5.41) is 9.20. The minimum Gasteiger partial charge on any atom is -0.480 e. The van der Waals surface area contributed by atoms with Gasteiger partial charge in [-0.15, -0.1) is 0 Å². The zero-order valence-electron chi connectivity index (χ0n) is 10.9. The van der Waals surface area contributed by atoms with Crippen LogP contribution in [-0.2, 0) is 4.79 Å². The normalized spacial score (nSPS) is 13.7. The fourth-order valence-corrected chi connectivity index (χ4v) is 2.03. The highest BCUT2D eigenvalue weighted by atomic mass is 79.9. The zero-order valence-corrected chi connectivity index (χ0v) is 12.5. The van der Waals surface area contributed by atoms with Crippen molar-refractivity contribution in [3.05, 3.63) is 34.1 Å². The molecule has 0 bridgehead atoms. The fourth-order valence-electron chi connectivity index (χ4n) is 1.63. The van der Waals surface area contributed by atoms with Gasteiger partial charge in [-0.3, -0.25) is 9.69 Å². The molecule has 5 heteroatoms. The number of nitrogens with zero attached hydrogens (tertiary/aromatic N) is 1. The van der Waals surface area contributed by atoms with Crippen molar-refractivity contribution < 1.29 is 14.3 Å². The molecule has 0 radical (unpaired) electrons. The van der Waals surface area contributed by atoms with Crippen molar-refractivity contribution in [2.75, 3.05) is 7.05 Å². The second-order valence-corrected chi connectivity index (χ2v) is 5.68. The van der Waals surface area contributed by atoms with Crippen molar-refractivity contribution in [3.8, 4) is 0 Å². The van der Waals surface area contributed by atoms with Crippen molar-refractivity contribution in [2.45, 2.75) is 32.4 Å². The van der Waals surface area contributed by atoms with Crippen LogP contribution in [0.3, 0.4) is 0 Å². The Labute approximate surface area is 115 Å². The largest absolute Gasteiger partial charge is 0.480 e. The molecule has 0 saturated heterocycles. The third-order valence-electron chi connectivity index (χ3n) is 3.41. The van der Waals surface area contributed by atoms with E-state index in [1.165, 1.54) is 6.07 Å². The molecule has 0 heterocycles. The minimum absolute atomic E-state index is 0.131. The Morgan fingerprint density at radius 1 is 1.50 bits per heavy atom. The molecule has 0 aliphatic rings. The van der Waals surface area contributed by atoms with E-state index in [1.807, 2.05) is 6.92 Å². The standard InChI is InChI=1S/C13H17BrFNO2/c1-8(16(4)13(2,3)12(17)18)9-5-6-11(15)10(14)7-9/h5-8H,1-4H3,(H,17,18). The fraction of sp³-hybridized carbons (Fsp3) is 0.462. The van der Waals surface area contributed by atoms with Crippen LogP contribution in [0.25, 0.3) is 0 Å². The molecule has 100 valence electrons. The molecule has 1 N–H and O–H groups in total. The molecule has 0 spiro atoms. The van der Waals surface area contributed by atoms with Crippen LogP contribution >= 0.6 is 15.9 Å². The van der Waals surface area contributed by atoms with Gasteiger partial charge in [0.2, 0.25) is 0 Å². The highest BCUT2D eigenvalue weighted by Gasteiger charge is 2.35. The summed E-state index contributed by atoms with van der Waals surface area (Å²) in [4.78, 5) is 13.0. The topological polar surface area (TPSA) is 40.5 Å². The molecule has 1 rings (SSSR count). The maximum atomic E-state index is 13.2. The van der Waals surface area contributed by atoms with Gasteiger partial charge < -0.3 is 5.11 Å². The second-order valence-electron chi connectivity index (χ2n) is 4.82. The summed E-state index contributed by atoms with van der Waals surface area (Å²) in [5.74, 6) is -1.22. The van der Waals surface area contributed by atoms with Crippen molar-refractivity contribution in [2.24, 2.45) is 0 Å². The van der Waals surface area contributed by atoms with Gasteiger partial charge in [-0.05, 0) is 61.4 Å². The lowest BCUT2D eigenvalue weighted by molar-refractivity contribution is -0.149. The van der Waals surface area contributed by atoms with Crippen LogP contribution in [0.5, 0.6) is 0 Å². The number of carboxylic acid groups (broad SMARTS) is 1. The molecule has 1 aromatic carbocycles. The van der Waals surface area contributed by atoms with Crippen LogP contribution in [0.1, 0.15) is 32.4 Å². The first kappa shape index (κ1) is 15.1. The van der Waals surface area contributed by atoms with Crippen molar-refractivity contribution >= 4 is 21.9 Å². The molecule has 1 aromatic rings. The van der Waals surface area contributed by atoms with Crippen LogP contribution in [0.4, 0.5) is 4.39 Å². The van der Waals surface area contributed by atoms with E-state index < -0.39 is 11.5 Å². The van der Waals surface area contributed by atoms with Crippen LogP contribution in [0.15, 0.2) is 22.7 Å². The highest BCUT2D eigenvalue weighted by molar-refractivity contribution is 9.10. The number of carbonyl (C=O) groups is 1. The van der Waals surface area contributed by atoms with Crippen LogP contribution in [-0.4, -0.2) is 28.6 Å². The predicted molar refractivity (Wildman–Crippen MR) is 72.0 cm³/mol. The summed E-state index contributed by atoms with van der Waals surface area (Å²) in [7, 11) is 1.75. The third-order valence-corrected chi connectivity index (χ3v) is 4.02. The lowest BCUT2D eigenvalue weighted by Crippen LogP contribution is -2.48. The van der Waals surface area contributed by atoms with Gasteiger partial charge >= 0.3 is 5.97 Å². The van der Waals surface area contributed by atoms with Crippen LogP contribution < -0.4 is 0 Å². The van der Waals surface area contributed by atoms with Crippen molar-refractivity contribution in [1.29, 1.82) is 0 Å². The number of halogens is 2. The SMILES string of the molecule is CC(c1ccc(F)c(Br)c1)N(C)C(C)(C)C(=O)O. The van der Waals surface area contributed by atoms with Gasteiger partial charge in [-0.25, -0.2) is 4.39 Å². The molecule has 0 aliphatic heterocycles. The van der Waals surface area contributed by atoms with E-state index >= 15 is 0 Å². The van der Waals surface area contributed by atoms with Crippen molar-refractivity contribution in [3.63, 3.8) is 0 Å².